The van der Waals surface area contributed by atoms with Gasteiger partial charge in [-0.1, -0.05) is 24.3 Å². The van der Waals surface area contributed by atoms with Crippen molar-refractivity contribution in [2.24, 2.45) is 0 Å². The van der Waals surface area contributed by atoms with Crippen molar-refractivity contribution in [3.05, 3.63) is 35.9 Å². The quantitative estimate of drug-likeness (QED) is 0.600. The van der Waals surface area contributed by atoms with Crippen LogP contribution < -0.4 is 0 Å². The molecule has 1 nitrogen and oxygen atoms in total. The van der Waals surface area contributed by atoms with E-state index in [1.165, 1.54) is 0 Å². The Kier molecular flexibility index (Phi) is 1.85. The Balaban J connectivity index is 0.000000810. The zero-order valence-corrected chi connectivity index (χ0v) is 5.33. The van der Waals surface area contributed by atoms with E-state index < -0.39 is 0 Å². The van der Waals surface area contributed by atoms with Gasteiger partial charge in [0, 0.05) is 0 Å². The number of aliphatic hydroxyl groups is 1. The molecule has 0 spiro atoms. The summed E-state index contributed by atoms with van der Waals surface area (Å²) < 4.78 is 0. The van der Waals surface area contributed by atoms with E-state index >= 15 is 0 Å². The molecule has 0 aliphatic rings. The summed E-state index contributed by atoms with van der Waals surface area (Å²) in [5, 5.41) is 9.01. The molecule has 1 radical (unpaired) electrons. The minimum atomic E-state index is -0.361. The Morgan fingerprint density at radius 2 is 2.11 bits per heavy atom. The summed E-state index contributed by atoms with van der Waals surface area (Å²) in [6, 6.07) is 10.2. The summed E-state index contributed by atoms with van der Waals surface area (Å²) >= 11 is 0. The summed E-state index contributed by atoms with van der Waals surface area (Å²) in [4.78, 5) is 0. The molecule has 1 atom stereocenters. The van der Waals surface area contributed by atoms with Gasteiger partial charge in [0.2, 0.25) is 0 Å². The molecule has 0 aromatic heterocycles. The minimum absolute atomic E-state index is 0. The summed E-state index contributed by atoms with van der Waals surface area (Å²) in [6.07, 6.45) is -0.361. The van der Waals surface area contributed by atoms with Crippen molar-refractivity contribution < 1.29 is 6.53 Å². The minimum Gasteiger partial charge on any atom is -0.389 e. The molecular weight excluding hydrogens is 112 g/mol. The Hall–Kier alpha value is -0.820. The van der Waals surface area contributed by atoms with Gasteiger partial charge in [-0.2, -0.15) is 0 Å². The van der Waals surface area contributed by atoms with Gasteiger partial charge in [-0.25, -0.2) is 0 Å². The average Bonchev–Trinajstić information content (AvgIpc) is 1.90. The zero-order valence-electron chi connectivity index (χ0n) is 6.33. The first-order chi connectivity index (χ1) is 4.30. The molecule has 0 amide bonds. The molecule has 0 fully saturated rings. The van der Waals surface area contributed by atoms with Gasteiger partial charge in [-0.05, 0) is 18.6 Å². The second kappa shape index (κ2) is 2.65. The maximum atomic E-state index is 9.01. The summed E-state index contributed by atoms with van der Waals surface area (Å²) in [5.41, 5.74) is 0.939. The lowest BCUT2D eigenvalue weighted by Crippen LogP contribution is -1.88. The van der Waals surface area contributed by atoms with Crippen molar-refractivity contribution in [1.29, 1.82) is 0 Å². The van der Waals surface area contributed by atoms with Crippen molar-refractivity contribution in [3.8, 4) is 0 Å². The second-order valence-electron chi connectivity index (χ2n) is 2.01. The standard InChI is InChI=1S/C8H9O/c1-7(9)8-5-3-2-4-6-8/h3-7,9H,1H3/p+1. The Morgan fingerprint density at radius 1 is 1.56 bits per heavy atom. The van der Waals surface area contributed by atoms with E-state index in [9.17, 15) is 0 Å². The molecule has 0 aliphatic carbocycles. The lowest BCUT2D eigenvalue weighted by Gasteiger charge is -2.00. The van der Waals surface area contributed by atoms with Gasteiger partial charge in [0.1, 0.15) is 0 Å². The van der Waals surface area contributed by atoms with Gasteiger partial charge < -0.3 is 5.11 Å². The van der Waals surface area contributed by atoms with Crippen LogP contribution in [0.1, 0.15) is 20.0 Å². The smallest absolute Gasteiger partial charge is 0.389 e. The Bertz CT molecular complexity index is 172. The molecule has 0 saturated carbocycles. The lowest BCUT2D eigenvalue weighted by atomic mass is 10.1. The van der Waals surface area contributed by atoms with Crippen LogP contribution in [-0.2, 0) is 0 Å². The van der Waals surface area contributed by atoms with Crippen LogP contribution in [0.3, 0.4) is 0 Å². The Morgan fingerprint density at radius 3 is 2.44 bits per heavy atom. The highest BCUT2D eigenvalue weighted by Gasteiger charge is 1.95. The van der Waals surface area contributed by atoms with Crippen molar-refractivity contribution in [1.82, 2.24) is 0 Å². The molecule has 1 heteroatoms. The van der Waals surface area contributed by atoms with Gasteiger partial charge in [-0.15, -0.1) is 0 Å². The number of benzene rings is 1. The van der Waals surface area contributed by atoms with Gasteiger partial charge in [0.15, 0.2) is 0 Å². The molecule has 47 valence electrons. The van der Waals surface area contributed by atoms with E-state index in [2.05, 4.69) is 6.07 Å². The van der Waals surface area contributed by atoms with E-state index in [1.54, 1.807) is 19.1 Å². The second-order valence-corrected chi connectivity index (χ2v) is 2.01. The number of rotatable bonds is 1. The van der Waals surface area contributed by atoms with E-state index in [4.69, 9.17) is 5.11 Å². The predicted octanol–water partition coefficient (Wildman–Crippen LogP) is 1.65. The number of aliphatic hydroxyl groups excluding tert-OH is 1. The van der Waals surface area contributed by atoms with E-state index in [0.717, 1.165) is 5.56 Å². The fourth-order valence-electron chi connectivity index (χ4n) is 0.678. The number of hydrogen-bond donors (Lipinski definition) is 1. The van der Waals surface area contributed by atoms with Crippen LogP contribution in [-0.4, -0.2) is 5.11 Å². The molecule has 1 aromatic carbocycles. The van der Waals surface area contributed by atoms with E-state index in [0.29, 0.717) is 0 Å². The van der Waals surface area contributed by atoms with Crippen LogP contribution >= 0.6 is 0 Å². The van der Waals surface area contributed by atoms with Gasteiger partial charge in [0.25, 0.3) is 0 Å². The first-order valence-electron chi connectivity index (χ1n) is 2.95. The summed E-state index contributed by atoms with van der Waals surface area (Å²) in [7, 11) is 0. The van der Waals surface area contributed by atoms with Crippen LogP contribution in [0.15, 0.2) is 24.3 Å². The van der Waals surface area contributed by atoms with Crippen molar-refractivity contribution in [2.75, 3.05) is 0 Å². The fourth-order valence-corrected chi connectivity index (χ4v) is 0.678. The third kappa shape index (κ3) is 1.54. The largest absolute Gasteiger partial charge is 1.00 e. The van der Waals surface area contributed by atoms with Crippen molar-refractivity contribution in [3.63, 3.8) is 0 Å². The monoisotopic (exact) mass is 122 g/mol. The van der Waals surface area contributed by atoms with Crippen LogP contribution in [0.2, 0.25) is 0 Å². The molecule has 1 N–H and O–H groups in total. The molecule has 1 unspecified atom stereocenters. The van der Waals surface area contributed by atoms with E-state index in [1.807, 2.05) is 12.1 Å². The highest BCUT2D eigenvalue weighted by Crippen LogP contribution is 2.08. The fraction of sp³-hybridized carbons (Fsp3) is 0.250. The molecule has 0 bridgehead atoms. The molecule has 1 rings (SSSR count). The van der Waals surface area contributed by atoms with Crippen molar-refractivity contribution in [2.45, 2.75) is 13.0 Å². The Labute approximate surface area is 56.4 Å². The van der Waals surface area contributed by atoms with Crippen LogP contribution in [0.5, 0.6) is 0 Å². The van der Waals surface area contributed by atoms with Crippen LogP contribution in [0, 0.1) is 6.07 Å². The van der Waals surface area contributed by atoms with Gasteiger partial charge in [-0.3, -0.25) is 0 Å². The van der Waals surface area contributed by atoms with Crippen molar-refractivity contribution >= 4 is 0 Å². The lowest BCUT2D eigenvalue weighted by molar-refractivity contribution is 0.199. The van der Waals surface area contributed by atoms with E-state index in [-0.39, 0.29) is 7.53 Å². The maximum absolute atomic E-state index is 9.01. The summed E-state index contributed by atoms with van der Waals surface area (Å²) in [5.74, 6) is 0. The molecule has 1 aromatic rings. The molecular formula is C8H10O+. The topological polar surface area (TPSA) is 20.2 Å². The predicted molar refractivity (Wildman–Crippen MR) is 37.0 cm³/mol. The van der Waals surface area contributed by atoms with Crippen LogP contribution in [0.4, 0.5) is 0 Å². The van der Waals surface area contributed by atoms with Gasteiger partial charge in [0.05, 0.1) is 6.10 Å². The first-order valence-corrected chi connectivity index (χ1v) is 2.95. The molecule has 0 aliphatic heterocycles. The summed E-state index contributed by atoms with van der Waals surface area (Å²) in [6.45, 7) is 1.75. The molecule has 9 heavy (non-hydrogen) atoms. The van der Waals surface area contributed by atoms with Gasteiger partial charge >= 0.3 is 1.43 Å². The maximum Gasteiger partial charge on any atom is 1.00 e. The number of hydrogen-bond acceptors (Lipinski definition) is 1. The molecule has 0 saturated heterocycles. The first kappa shape index (κ1) is 6.30. The van der Waals surface area contributed by atoms with Crippen LogP contribution in [0.25, 0.3) is 0 Å². The molecule has 0 heterocycles. The third-order valence-corrected chi connectivity index (χ3v) is 1.23. The third-order valence-electron chi connectivity index (χ3n) is 1.23. The normalized spacial score (nSPS) is 13.1. The highest BCUT2D eigenvalue weighted by atomic mass is 16.3. The zero-order chi connectivity index (χ0) is 6.69. The average molecular weight is 122 g/mol. The highest BCUT2D eigenvalue weighted by molar-refractivity contribution is 5.15. The SMILES string of the molecule is CC(O)c1cc[c]cc1.[H+].